The van der Waals surface area contributed by atoms with Crippen molar-refractivity contribution in [2.75, 3.05) is 24.8 Å². The van der Waals surface area contributed by atoms with Crippen LogP contribution >= 0.6 is 11.8 Å². The van der Waals surface area contributed by atoms with Crippen LogP contribution in [0.2, 0.25) is 0 Å². The van der Waals surface area contributed by atoms with Crippen LogP contribution in [0.3, 0.4) is 0 Å². The SMILES string of the molecule is C#C.NCc1c(F)ccc2c1C(O)CO2.[B]c1cnc(NCc2c(F)ccc3c2C(O)CO3)n2cnnc12.[B]c1cnc(SC)n2cnnc12. The number of aliphatic hydroxyl groups is 2. The van der Waals surface area contributed by atoms with E-state index in [0.29, 0.717) is 61.9 Å². The number of terminal acetylenes is 1. The van der Waals surface area contributed by atoms with Crippen molar-refractivity contribution in [1.82, 2.24) is 39.2 Å². The third kappa shape index (κ3) is 7.19. The second-order valence-electron chi connectivity index (χ2n) is 10.4. The lowest BCUT2D eigenvalue weighted by molar-refractivity contribution is 0.139. The Morgan fingerprint density at radius 2 is 1.40 bits per heavy atom. The molecule has 252 valence electrons. The number of aliphatic hydroxyl groups excluding tert-OH is 2. The molecule has 2 atom stereocenters. The van der Waals surface area contributed by atoms with Gasteiger partial charge in [0.1, 0.15) is 76.9 Å². The highest BCUT2D eigenvalue weighted by molar-refractivity contribution is 7.98. The molecule has 50 heavy (non-hydrogen) atoms. The van der Waals surface area contributed by atoms with Gasteiger partial charge in [-0.15, -0.1) is 33.2 Å². The predicted molar refractivity (Wildman–Crippen MR) is 183 cm³/mol. The summed E-state index contributed by atoms with van der Waals surface area (Å²) in [4.78, 5) is 8.28. The van der Waals surface area contributed by atoms with Gasteiger partial charge in [-0.05, 0) is 41.4 Å². The van der Waals surface area contributed by atoms with Crippen molar-refractivity contribution >= 4 is 55.6 Å². The maximum absolute atomic E-state index is 14.2. The zero-order valence-electron chi connectivity index (χ0n) is 26.4. The number of thioether (sulfide) groups is 1. The van der Waals surface area contributed by atoms with E-state index in [9.17, 15) is 19.0 Å². The van der Waals surface area contributed by atoms with E-state index in [0.717, 1.165) is 5.16 Å². The summed E-state index contributed by atoms with van der Waals surface area (Å²) < 4.78 is 41.1. The summed E-state index contributed by atoms with van der Waals surface area (Å²) in [5, 5.41) is 38.6. The van der Waals surface area contributed by atoms with Crippen LogP contribution < -0.4 is 31.4 Å². The molecule has 0 saturated heterocycles. The number of ether oxygens (including phenoxy) is 2. The lowest BCUT2D eigenvalue weighted by Crippen LogP contribution is -2.15. The quantitative estimate of drug-likeness (QED) is 0.0857. The Morgan fingerprint density at radius 3 is 1.98 bits per heavy atom. The monoisotopic (exact) mass is 696 g/mol. The number of anilines is 1. The van der Waals surface area contributed by atoms with Crippen LogP contribution in [0.5, 0.6) is 11.5 Å². The van der Waals surface area contributed by atoms with Crippen molar-refractivity contribution in [2.45, 2.75) is 30.5 Å². The van der Waals surface area contributed by atoms with Gasteiger partial charge < -0.3 is 30.7 Å². The molecule has 19 heteroatoms. The Morgan fingerprint density at radius 1 is 0.880 bits per heavy atom. The van der Waals surface area contributed by atoms with Crippen molar-refractivity contribution in [3.63, 3.8) is 0 Å². The number of nitrogens with zero attached hydrogens (tertiary/aromatic N) is 8. The van der Waals surface area contributed by atoms with Gasteiger partial charge in [-0.1, -0.05) is 11.8 Å². The van der Waals surface area contributed by atoms with Crippen molar-refractivity contribution in [3.05, 3.63) is 83.2 Å². The van der Waals surface area contributed by atoms with E-state index in [2.05, 4.69) is 48.5 Å². The van der Waals surface area contributed by atoms with Gasteiger partial charge in [-0.3, -0.25) is 8.80 Å². The lowest BCUT2D eigenvalue weighted by atomic mass is 10.00. The van der Waals surface area contributed by atoms with E-state index >= 15 is 0 Å². The van der Waals surface area contributed by atoms with E-state index in [4.69, 9.17) is 30.9 Å². The molecule has 0 saturated carbocycles. The first-order valence-electron chi connectivity index (χ1n) is 14.7. The second-order valence-corrected chi connectivity index (χ2v) is 11.1. The fraction of sp³-hybridized carbons (Fsp3) is 0.226. The van der Waals surface area contributed by atoms with E-state index in [1.165, 1.54) is 48.6 Å². The number of halogens is 2. The minimum absolute atomic E-state index is 0.0788. The average molecular weight is 696 g/mol. The van der Waals surface area contributed by atoms with Gasteiger partial charge in [0.05, 0.1) is 0 Å². The number of benzene rings is 2. The van der Waals surface area contributed by atoms with Crippen LogP contribution in [0.15, 0.2) is 54.5 Å². The number of hydrogen-bond donors (Lipinski definition) is 4. The van der Waals surface area contributed by atoms with Crippen molar-refractivity contribution < 1.29 is 28.5 Å². The normalized spacial score (nSPS) is 15.3. The molecule has 0 bridgehead atoms. The summed E-state index contributed by atoms with van der Waals surface area (Å²) >= 11 is 1.53. The first-order chi connectivity index (χ1) is 24.2. The summed E-state index contributed by atoms with van der Waals surface area (Å²) in [7, 11) is 11.4. The number of nitrogens with one attached hydrogen (secondary N) is 1. The van der Waals surface area contributed by atoms with E-state index in [1.54, 1.807) is 21.3 Å². The van der Waals surface area contributed by atoms with E-state index in [-0.39, 0.29) is 32.1 Å². The minimum atomic E-state index is -0.841. The topological polar surface area (TPSA) is 183 Å². The molecule has 4 aromatic heterocycles. The van der Waals surface area contributed by atoms with Gasteiger partial charge in [0.2, 0.25) is 5.95 Å². The molecule has 0 amide bonds. The molecule has 14 nitrogen and oxygen atoms in total. The third-order valence-electron chi connectivity index (χ3n) is 7.48. The summed E-state index contributed by atoms with van der Waals surface area (Å²) in [6.45, 7) is 0.516. The van der Waals surface area contributed by atoms with Crippen LogP contribution in [0, 0.1) is 24.5 Å². The number of hydrogen-bond acceptors (Lipinski definition) is 13. The zero-order chi connectivity index (χ0) is 35.9. The van der Waals surface area contributed by atoms with Gasteiger partial charge in [-0.2, -0.15) is 0 Å². The van der Waals surface area contributed by atoms with Gasteiger partial charge in [-0.25, -0.2) is 18.7 Å². The summed E-state index contributed by atoms with van der Waals surface area (Å²) in [5.74, 6) is 0.649. The standard InChI is InChI=1S/C14H11BFN5O2.C9H10FNO2.C6H5BN4S.C2H2/c15-8-4-18-14(21-6-19-20-13(8)21)17-3-7-9(16)1-2-11-12(7)10(22)5-23-11;10-6-1-2-8-9(5(6)3-11)7(12)4-13-8;1-12-6-8-2-4(7)5-10-9-3-11(5)6;1-2/h1-2,4,6,10,22H,3,5H2,(H,17,18);1-2,7,12H,3-4,11H2;2-3H,1H3;1-2H. The predicted octanol–water partition coefficient (Wildman–Crippen LogP) is 0.695. The molecule has 0 spiro atoms. The van der Waals surface area contributed by atoms with Crippen molar-refractivity contribution in [3.8, 4) is 24.3 Å². The van der Waals surface area contributed by atoms with Gasteiger partial charge in [0.25, 0.3) is 0 Å². The molecule has 2 aliphatic heterocycles. The van der Waals surface area contributed by atoms with Crippen molar-refractivity contribution in [1.29, 1.82) is 0 Å². The van der Waals surface area contributed by atoms with Gasteiger partial charge in [0.15, 0.2) is 16.5 Å². The molecular weight excluding hydrogens is 668 g/mol. The minimum Gasteiger partial charge on any atom is -0.490 e. The van der Waals surface area contributed by atoms with E-state index < -0.39 is 18.0 Å². The van der Waals surface area contributed by atoms with Crippen LogP contribution in [0.25, 0.3) is 11.3 Å². The summed E-state index contributed by atoms with van der Waals surface area (Å²) in [6, 6.07) is 5.65. The van der Waals surface area contributed by atoms with Crippen LogP contribution in [-0.2, 0) is 13.1 Å². The molecule has 2 unspecified atom stereocenters. The highest BCUT2D eigenvalue weighted by Gasteiger charge is 2.28. The molecule has 0 fully saturated rings. The van der Waals surface area contributed by atoms with E-state index in [1.807, 2.05) is 6.26 Å². The molecule has 8 rings (SSSR count). The van der Waals surface area contributed by atoms with Crippen molar-refractivity contribution in [2.24, 2.45) is 5.73 Å². The third-order valence-corrected chi connectivity index (χ3v) is 8.14. The van der Waals surface area contributed by atoms with Gasteiger partial charge in [0, 0.05) is 47.7 Å². The van der Waals surface area contributed by atoms with Crippen LogP contribution in [0.1, 0.15) is 34.5 Å². The summed E-state index contributed by atoms with van der Waals surface area (Å²) in [6.07, 6.45) is 14.5. The molecule has 4 radical (unpaired) electrons. The fourth-order valence-corrected chi connectivity index (χ4v) is 5.70. The second kappa shape index (κ2) is 16.0. The number of nitrogens with two attached hydrogens (primary N) is 1. The zero-order valence-corrected chi connectivity index (χ0v) is 27.3. The smallest absolute Gasteiger partial charge is 0.210 e. The largest absolute Gasteiger partial charge is 0.490 e. The summed E-state index contributed by atoms with van der Waals surface area (Å²) in [5.41, 5.74) is 9.10. The number of aromatic nitrogens is 8. The first-order valence-corrected chi connectivity index (χ1v) is 15.9. The maximum atomic E-state index is 14.2. The maximum Gasteiger partial charge on any atom is 0.210 e. The molecule has 0 aliphatic carbocycles. The number of rotatable bonds is 5. The number of fused-ring (bicyclic) bond motifs is 4. The molecular formula is C31H28B2F2N10O4S. The fourth-order valence-electron chi connectivity index (χ4n) is 5.21. The molecule has 2 aliphatic rings. The van der Waals surface area contributed by atoms with Crippen LogP contribution in [-0.4, -0.2) is 84.5 Å². The lowest BCUT2D eigenvalue weighted by Gasteiger charge is -2.13. The Kier molecular flexibility index (Phi) is 11.5. The molecule has 6 aromatic rings. The Hall–Kier alpha value is -5.28. The Balaban J connectivity index is 0.000000153. The highest BCUT2D eigenvalue weighted by Crippen LogP contribution is 2.37. The molecule has 5 N–H and O–H groups in total. The Bertz CT molecular complexity index is 2150. The first kappa shape index (κ1) is 36.0. The highest BCUT2D eigenvalue weighted by atomic mass is 32.2. The molecule has 2 aromatic carbocycles. The molecule has 6 heterocycles. The van der Waals surface area contributed by atoms with Crippen LogP contribution in [0.4, 0.5) is 14.7 Å². The Labute approximate surface area is 291 Å². The van der Waals surface area contributed by atoms with Gasteiger partial charge >= 0.3 is 0 Å². The average Bonchev–Trinajstić information content (AvgIpc) is 3.95.